The van der Waals surface area contributed by atoms with Gasteiger partial charge in [-0.1, -0.05) is 13.3 Å². The number of esters is 1. The summed E-state index contributed by atoms with van der Waals surface area (Å²) in [4.78, 5) is 35.0. The summed E-state index contributed by atoms with van der Waals surface area (Å²) < 4.78 is 4.90. The lowest BCUT2D eigenvalue weighted by atomic mass is 10.2. The Morgan fingerprint density at radius 1 is 1.08 bits per heavy atom. The third kappa shape index (κ3) is 8.10. The van der Waals surface area contributed by atoms with E-state index in [1.54, 1.807) is 38.1 Å². The minimum absolute atomic E-state index is 0.0632. The van der Waals surface area contributed by atoms with Gasteiger partial charge < -0.3 is 10.1 Å². The lowest BCUT2D eigenvalue weighted by Gasteiger charge is -2.07. The van der Waals surface area contributed by atoms with E-state index in [-0.39, 0.29) is 18.2 Å². The summed E-state index contributed by atoms with van der Waals surface area (Å²) in [6.45, 7) is 5.72. The number of ether oxygens (including phenoxy) is 1. The topological polar surface area (TPSA) is 96.9 Å². The fraction of sp³-hybridized carbons (Fsp3) is 0.444. The predicted molar refractivity (Wildman–Crippen MR) is 96.4 cm³/mol. The van der Waals surface area contributed by atoms with Crippen LogP contribution in [0.3, 0.4) is 0 Å². The van der Waals surface area contributed by atoms with Crippen molar-refractivity contribution >= 4 is 29.2 Å². The summed E-state index contributed by atoms with van der Waals surface area (Å²) in [6.07, 6.45) is 2.23. The van der Waals surface area contributed by atoms with Gasteiger partial charge in [0.2, 0.25) is 11.8 Å². The number of unbranched alkanes of at least 4 members (excludes halogenated alkanes) is 1. The highest BCUT2D eigenvalue weighted by Crippen LogP contribution is 2.11. The molecule has 1 aromatic rings. The van der Waals surface area contributed by atoms with Crippen molar-refractivity contribution in [2.24, 2.45) is 5.10 Å². The Balaban J connectivity index is 2.47. The number of hydrogen-bond donors (Lipinski definition) is 2. The van der Waals surface area contributed by atoms with Crippen molar-refractivity contribution in [2.45, 2.75) is 46.5 Å². The van der Waals surface area contributed by atoms with E-state index in [9.17, 15) is 14.4 Å². The Kier molecular flexibility index (Phi) is 8.92. The van der Waals surface area contributed by atoms with Crippen molar-refractivity contribution < 1.29 is 19.1 Å². The van der Waals surface area contributed by atoms with Crippen molar-refractivity contribution in [3.05, 3.63) is 29.8 Å². The maximum Gasteiger partial charge on any atom is 0.338 e. The molecule has 0 atom stereocenters. The molecule has 0 fully saturated rings. The maximum atomic E-state index is 12.0. The number of nitrogens with one attached hydrogen (secondary N) is 2. The molecule has 1 rings (SSSR count). The van der Waals surface area contributed by atoms with Crippen LogP contribution in [0.2, 0.25) is 0 Å². The Morgan fingerprint density at radius 3 is 2.36 bits per heavy atom. The molecule has 2 N–H and O–H groups in total. The van der Waals surface area contributed by atoms with Gasteiger partial charge in [-0.3, -0.25) is 9.59 Å². The van der Waals surface area contributed by atoms with E-state index in [0.717, 1.165) is 12.8 Å². The molecule has 0 unspecified atom stereocenters. The number of carbonyl (C=O) groups excluding carboxylic acids is 3. The molecule has 2 amide bonds. The van der Waals surface area contributed by atoms with Crippen LogP contribution in [0.15, 0.2) is 29.4 Å². The molecule has 0 spiro atoms. The Hall–Kier alpha value is -2.70. The molecular weight excluding hydrogens is 322 g/mol. The van der Waals surface area contributed by atoms with Crippen LogP contribution < -0.4 is 10.7 Å². The highest BCUT2D eigenvalue weighted by Gasteiger charge is 2.08. The number of carbonyl (C=O) groups is 3. The summed E-state index contributed by atoms with van der Waals surface area (Å²) in [7, 11) is 0. The smallest absolute Gasteiger partial charge is 0.338 e. The van der Waals surface area contributed by atoms with Crippen molar-refractivity contribution in [1.82, 2.24) is 5.43 Å². The third-order valence-corrected chi connectivity index (χ3v) is 3.23. The number of benzene rings is 1. The van der Waals surface area contributed by atoms with E-state index in [1.807, 2.05) is 6.92 Å². The molecule has 0 heterocycles. The van der Waals surface area contributed by atoms with Gasteiger partial charge in [-0.25, -0.2) is 10.2 Å². The molecule has 0 radical (unpaired) electrons. The molecule has 1 aromatic carbocycles. The summed E-state index contributed by atoms with van der Waals surface area (Å²) >= 11 is 0. The van der Waals surface area contributed by atoms with Gasteiger partial charge in [-0.15, -0.1) is 0 Å². The van der Waals surface area contributed by atoms with Gasteiger partial charge in [0.05, 0.1) is 18.6 Å². The Labute approximate surface area is 147 Å². The van der Waals surface area contributed by atoms with Gasteiger partial charge in [0.15, 0.2) is 0 Å². The number of anilines is 1. The number of nitrogens with zero attached hydrogens (tertiary/aromatic N) is 1. The standard InChI is InChI=1S/C18H25N3O4/c1-4-6-7-16(22)21-20-13(3)12-17(23)19-15-10-8-14(9-11-15)18(24)25-5-2/h8-11H,4-7,12H2,1-3H3,(H,19,23)(H,21,22)/b20-13-. The first-order chi connectivity index (χ1) is 12.0. The van der Waals surface area contributed by atoms with E-state index < -0.39 is 5.97 Å². The van der Waals surface area contributed by atoms with E-state index in [0.29, 0.717) is 30.0 Å². The summed E-state index contributed by atoms with van der Waals surface area (Å²) in [5, 5.41) is 6.62. The second-order valence-electron chi connectivity index (χ2n) is 5.51. The van der Waals surface area contributed by atoms with Gasteiger partial charge in [0, 0.05) is 17.8 Å². The van der Waals surface area contributed by atoms with E-state index in [1.165, 1.54) is 0 Å². The van der Waals surface area contributed by atoms with Crippen LogP contribution in [-0.2, 0) is 14.3 Å². The highest BCUT2D eigenvalue weighted by molar-refractivity contribution is 6.05. The predicted octanol–water partition coefficient (Wildman–Crippen LogP) is 2.87. The van der Waals surface area contributed by atoms with Crippen LogP contribution in [0.5, 0.6) is 0 Å². The zero-order valence-electron chi connectivity index (χ0n) is 14.9. The molecule has 136 valence electrons. The maximum absolute atomic E-state index is 12.0. The largest absolute Gasteiger partial charge is 0.462 e. The van der Waals surface area contributed by atoms with Crippen molar-refractivity contribution in [2.75, 3.05) is 11.9 Å². The van der Waals surface area contributed by atoms with E-state index >= 15 is 0 Å². The first kappa shape index (κ1) is 20.3. The highest BCUT2D eigenvalue weighted by atomic mass is 16.5. The summed E-state index contributed by atoms with van der Waals surface area (Å²) in [5.41, 5.74) is 3.93. The van der Waals surface area contributed by atoms with E-state index in [4.69, 9.17) is 4.74 Å². The van der Waals surface area contributed by atoms with Crippen LogP contribution in [0.1, 0.15) is 56.8 Å². The van der Waals surface area contributed by atoms with Gasteiger partial charge in [0.1, 0.15) is 0 Å². The second kappa shape index (κ2) is 11.0. The lowest BCUT2D eigenvalue weighted by molar-refractivity contribution is -0.121. The molecule has 25 heavy (non-hydrogen) atoms. The van der Waals surface area contributed by atoms with E-state index in [2.05, 4.69) is 15.8 Å². The monoisotopic (exact) mass is 347 g/mol. The normalized spacial score (nSPS) is 10.9. The number of hydrogen-bond acceptors (Lipinski definition) is 5. The van der Waals surface area contributed by atoms with Crippen molar-refractivity contribution in [3.63, 3.8) is 0 Å². The fourth-order valence-electron chi connectivity index (χ4n) is 1.93. The number of hydrazone groups is 1. The number of rotatable bonds is 9. The Bertz CT molecular complexity index is 624. The summed E-state index contributed by atoms with van der Waals surface area (Å²) in [5.74, 6) is -0.814. The SMILES string of the molecule is CCCCC(=O)N/N=C(/C)CC(=O)Nc1ccc(C(=O)OCC)cc1. The van der Waals surface area contributed by atoms with Crippen LogP contribution in [0.25, 0.3) is 0 Å². The molecule has 0 aromatic heterocycles. The molecule has 0 aliphatic carbocycles. The summed E-state index contributed by atoms with van der Waals surface area (Å²) in [6, 6.07) is 6.43. The van der Waals surface area contributed by atoms with Crippen LogP contribution in [0, 0.1) is 0 Å². The zero-order chi connectivity index (χ0) is 18.7. The molecule has 0 bridgehead atoms. The van der Waals surface area contributed by atoms with Crippen LogP contribution in [0.4, 0.5) is 5.69 Å². The average molecular weight is 347 g/mol. The molecule has 0 saturated carbocycles. The van der Waals surface area contributed by atoms with Gasteiger partial charge in [-0.2, -0.15) is 5.10 Å². The zero-order valence-corrected chi connectivity index (χ0v) is 14.9. The molecule has 0 aliphatic heterocycles. The first-order valence-corrected chi connectivity index (χ1v) is 8.35. The van der Waals surface area contributed by atoms with Crippen LogP contribution >= 0.6 is 0 Å². The second-order valence-corrected chi connectivity index (χ2v) is 5.51. The van der Waals surface area contributed by atoms with Gasteiger partial charge in [0.25, 0.3) is 0 Å². The molecular formula is C18H25N3O4. The lowest BCUT2D eigenvalue weighted by Crippen LogP contribution is -2.21. The molecule has 0 saturated heterocycles. The fourth-order valence-corrected chi connectivity index (χ4v) is 1.93. The molecule has 7 nitrogen and oxygen atoms in total. The van der Waals surface area contributed by atoms with Gasteiger partial charge >= 0.3 is 5.97 Å². The van der Waals surface area contributed by atoms with Crippen molar-refractivity contribution in [3.8, 4) is 0 Å². The van der Waals surface area contributed by atoms with Crippen molar-refractivity contribution in [1.29, 1.82) is 0 Å². The number of amides is 2. The quantitative estimate of drug-likeness (QED) is 0.408. The Morgan fingerprint density at radius 2 is 1.76 bits per heavy atom. The van der Waals surface area contributed by atoms with Gasteiger partial charge in [-0.05, 0) is 44.5 Å². The first-order valence-electron chi connectivity index (χ1n) is 8.35. The minimum Gasteiger partial charge on any atom is -0.462 e. The van der Waals surface area contributed by atoms with Crippen LogP contribution in [-0.4, -0.2) is 30.1 Å². The molecule has 7 heteroatoms. The average Bonchev–Trinajstić information content (AvgIpc) is 2.58. The minimum atomic E-state index is -0.401. The molecule has 0 aliphatic rings. The third-order valence-electron chi connectivity index (χ3n) is 3.23.